The smallest absolute Gasteiger partial charge is 0.462 e. The van der Waals surface area contributed by atoms with Gasteiger partial charge in [0.25, 0.3) is 0 Å². The molecule has 2 unspecified atom stereocenters. The van der Waals surface area contributed by atoms with Gasteiger partial charge in [-0.25, -0.2) is 9.13 Å². The number of hydrogen-bond acceptors (Lipinski definition) is 15. The van der Waals surface area contributed by atoms with Gasteiger partial charge < -0.3 is 33.8 Å². The van der Waals surface area contributed by atoms with Gasteiger partial charge in [-0.05, 0) is 148 Å². The molecule has 3 N–H and O–H groups in total. The fourth-order valence-corrected chi connectivity index (χ4v) is 12.3. The average Bonchev–Trinajstić information content (AvgIpc) is 0.918. The lowest BCUT2D eigenvalue weighted by Gasteiger charge is -2.21. The molecule has 0 radical (unpaired) electrons. The molecule has 0 aliphatic carbocycles. The monoisotopic (exact) mass is 1500 g/mol. The van der Waals surface area contributed by atoms with Gasteiger partial charge in [0.05, 0.1) is 26.4 Å². The normalized spacial score (nSPS) is 14.5. The topological polar surface area (TPSA) is 237 Å². The number of carbonyl (C=O) groups excluding carboxylic acids is 4. The van der Waals surface area contributed by atoms with Gasteiger partial charge in [-0.1, -0.05) is 284 Å². The fraction of sp³-hybridized carbons (Fsp3) is 0.718. The summed E-state index contributed by atoms with van der Waals surface area (Å²) in [4.78, 5) is 73.0. The highest BCUT2D eigenvalue weighted by Gasteiger charge is 2.30. The van der Waals surface area contributed by atoms with Crippen molar-refractivity contribution in [1.29, 1.82) is 0 Å². The number of unbranched alkanes of at least 4 members (excludes halogenated alkanes) is 30. The van der Waals surface area contributed by atoms with Crippen LogP contribution in [0.1, 0.15) is 336 Å². The summed E-state index contributed by atoms with van der Waals surface area (Å²) < 4.78 is 68.6. The first-order valence-electron chi connectivity index (χ1n) is 40.8. The molecule has 104 heavy (non-hydrogen) atoms. The van der Waals surface area contributed by atoms with E-state index in [-0.39, 0.29) is 25.7 Å². The Bertz CT molecular complexity index is 2440. The number of phosphoric acid groups is 2. The van der Waals surface area contributed by atoms with E-state index in [1.54, 1.807) is 0 Å². The van der Waals surface area contributed by atoms with Crippen LogP contribution in [0.3, 0.4) is 0 Å². The zero-order valence-electron chi connectivity index (χ0n) is 65.4. The number of esters is 4. The largest absolute Gasteiger partial charge is 0.472 e. The molecule has 0 bridgehead atoms. The molecule has 0 amide bonds. The molecule has 0 fully saturated rings. The summed E-state index contributed by atoms with van der Waals surface area (Å²) in [7, 11) is -9.99. The Hall–Kier alpha value is -4.54. The molecule has 598 valence electrons. The van der Waals surface area contributed by atoms with Crippen molar-refractivity contribution in [2.24, 2.45) is 0 Å². The van der Waals surface area contributed by atoms with Gasteiger partial charge in [-0.3, -0.25) is 37.3 Å². The number of rotatable bonds is 76. The van der Waals surface area contributed by atoms with Gasteiger partial charge in [-0.2, -0.15) is 0 Å². The fourth-order valence-electron chi connectivity index (χ4n) is 10.7. The van der Waals surface area contributed by atoms with Crippen molar-refractivity contribution in [3.63, 3.8) is 0 Å². The van der Waals surface area contributed by atoms with Crippen molar-refractivity contribution in [2.45, 2.75) is 354 Å². The van der Waals surface area contributed by atoms with Gasteiger partial charge in [0.2, 0.25) is 0 Å². The second kappa shape index (κ2) is 76.6. The first-order chi connectivity index (χ1) is 50.7. The number of allylic oxidation sites excluding steroid dienone is 20. The summed E-state index contributed by atoms with van der Waals surface area (Å²) in [5.74, 6) is -2.29. The van der Waals surface area contributed by atoms with Crippen LogP contribution in [-0.2, 0) is 65.4 Å². The van der Waals surface area contributed by atoms with Crippen molar-refractivity contribution < 1.29 is 80.2 Å². The lowest BCUT2D eigenvalue weighted by Crippen LogP contribution is -2.30. The third-order valence-corrected chi connectivity index (χ3v) is 18.8. The standard InChI is InChI=1S/C85H146O17P2/c1-5-9-13-17-21-25-29-33-37-38-39-40-44-46-50-54-58-62-66-70-83(88)96-76-81(102-85(90)72-68-64-60-56-52-48-43-36-32-28-24-20-16-12-8-4)78-100-104(93,94)98-74-79(86)73-97-103(91,92)99-77-80(101-84(89)71-67-63-59-55-51-47-42-35-31-27-23-19-15-11-7-3)75-95-82(87)69-65-61-57-53-49-45-41-34-30-26-22-18-14-10-6-2/h9,13,21-22,25-26,28,32-35,37,39-42,46,50,58,62,79-81,86H,5-8,10-12,14-20,23-24,27,29-31,36,38,43-45,47-49,51-57,59-61,63-78H2,1-4H3,(H,91,92)(H,93,94)/b13-9-,25-21-,26-22-,32-28-,37-33-,40-39-,41-34-,42-35-,50-46-,62-58-/t79-,80+,81+/m0/s1. The maximum absolute atomic E-state index is 13.1. The van der Waals surface area contributed by atoms with E-state index >= 15 is 0 Å². The van der Waals surface area contributed by atoms with Crippen LogP contribution in [0.4, 0.5) is 0 Å². The van der Waals surface area contributed by atoms with Gasteiger partial charge in [0.1, 0.15) is 19.3 Å². The Labute approximate surface area is 632 Å². The summed E-state index contributed by atoms with van der Waals surface area (Å²) in [5, 5.41) is 10.6. The van der Waals surface area contributed by atoms with Crippen LogP contribution in [0, 0.1) is 0 Å². The van der Waals surface area contributed by atoms with Crippen LogP contribution in [-0.4, -0.2) is 96.7 Å². The molecule has 0 spiro atoms. The molecule has 17 nitrogen and oxygen atoms in total. The Balaban J connectivity index is 5.44. The van der Waals surface area contributed by atoms with Gasteiger partial charge in [0.15, 0.2) is 12.2 Å². The summed E-state index contributed by atoms with van der Waals surface area (Å²) in [6, 6.07) is 0. The quantitative estimate of drug-likeness (QED) is 0.0169. The van der Waals surface area contributed by atoms with Gasteiger partial charge >= 0.3 is 39.5 Å². The first kappa shape index (κ1) is 99.5. The van der Waals surface area contributed by atoms with E-state index in [0.717, 1.165) is 167 Å². The van der Waals surface area contributed by atoms with E-state index in [0.29, 0.717) is 32.1 Å². The molecule has 0 aromatic heterocycles. The Morgan fingerprint density at radius 2 is 0.519 bits per heavy atom. The second-order valence-corrected chi connectivity index (χ2v) is 29.9. The minimum Gasteiger partial charge on any atom is -0.462 e. The van der Waals surface area contributed by atoms with Crippen LogP contribution < -0.4 is 0 Å². The summed E-state index contributed by atoms with van der Waals surface area (Å²) in [5.41, 5.74) is 0. The summed E-state index contributed by atoms with van der Waals surface area (Å²) >= 11 is 0. The predicted molar refractivity (Wildman–Crippen MR) is 427 cm³/mol. The molecule has 19 heteroatoms. The number of carbonyl (C=O) groups is 4. The summed E-state index contributed by atoms with van der Waals surface area (Å²) in [6.07, 6.45) is 84.7. The van der Waals surface area contributed by atoms with Crippen molar-refractivity contribution in [1.82, 2.24) is 0 Å². The SMILES string of the molecule is CC/C=C\C/C=C\C/C=C\C/C=C\C/C=C\C/C=C\CCC(=O)OC[C@H](COP(=O)(O)OC[C@@H](O)COP(=O)(O)OC[C@@H](COC(=O)CCCCCCC/C=C\C/C=C\CCCCC)OC(=O)CCCCCCC/C=C\CCCCCCCC)OC(=O)CCCCCCCCC/C=C\CCCCCC. The van der Waals surface area contributed by atoms with Crippen LogP contribution in [0.2, 0.25) is 0 Å². The molecule has 0 heterocycles. The van der Waals surface area contributed by atoms with E-state index in [1.807, 2.05) is 18.2 Å². The summed E-state index contributed by atoms with van der Waals surface area (Å²) in [6.45, 7) is 4.63. The number of aliphatic hydroxyl groups excluding tert-OH is 1. The van der Waals surface area contributed by atoms with E-state index in [4.69, 9.17) is 37.0 Å². The van der Waals surface area contributed by atoms with Crippen LogP contribution in [0.15, 0.2) is 122 Å². The van der Waals surface area contributed by atoms with Crippen molar-refractivity contribution in [3.8, 4) is 0 Å². The minimum absolute atomic E-state index is 0.0337. The van der Waals surface area contributed by atoms with Crippen LogP contribution in [0.5, 0.6) is 0 Å². The number of hydrogen-bond donors (Lipinski definition) is 3. The second-order valence-electron chi connectivity index (χ2n) is 27.0. The Kier molecular flexibility index (Phi) is 73.3. The predicted octanol–water partition coefficient (Wildman–Crippen LogP) is 23.9. The van der Waals surface area contributed by atoms with E-state index in [2.05, 4.69) is 131 Å². The highest BCUT2D eigenvalue weighted by Crippen LogP contribution is 2.45. The molecule has 0 rings (SSSR count). The average molecular weight is 1500 g/mol. The van der Waals surface area contributed by atoms with Crippen molar-refractivity contribution >= 4 is 39.5 Å². The Morgan fingerprint density at radius 3 is 0.865 bits per heavy atom. The molecule has 0 aliphatic heterocycles. The molecule has 0 saturated carbocycles. The highest BCUT2D eigenvalue weighted by atomic mass is 31.2. The lowest BCUT2D eigenvalue weighted by atomic mass is 10.1. The van der Waals surface area contributed by atoms with E-state index in [9.17, 15) is 43.2 Å². The number of phosphoric ester groups is 2. The number of ether oxygens (including phenoxy) is 4. The van der Waals surface area contributed by atoms with Crippen molar-refractivity contribution in [3.05, 3.63) is 122 Å². The lowest BCUT2D eigenvalue weighted by molar-refractivity contribution is -0.161. The Morgan fingerprint density at radius 1 is 0.279 bits per heavy atom. The van der Waals surface area contributed by atoms with E-state index in [1.165, 1.54) is 83.5 Å². The number of aliphatic hydroxyl groups is 1. The molecular formula is C85H146O17P2. The maximum atomic E-state index is 13.1. The van der Waals surface area contributed by atoms with Crippen LogP contribution in [0.25, 0.3) is 0 Å². The zero-order chi connectivity index (χ0) is 76.0. The highest BCUT2D eigenvalue weighted by molar-refractivity contribution is 7.47. The first-order valence-corrected chi connectivity index (χ1v) is 43.8. The van der Waals surface area contributed by atoms with Crippen molar-refractivity contribution in [2.75, 3.05) is 39.6 Å². The molecule has 0 aromatic carbocycles. The third kappa shape index (κ3) is 75.7. The molecule has 0 saturated heterocycles. The van der Waals surface area contributed by atoms with Gasteiger partial charge in [-0.15, -0.1) is 0 Å². The molecule has 0 aromatic rings. The van der Waals surface area contributed by atoms with Gasteiger partial charge in [0, 0.05) is 25.7 Å². The molecule has 0 aliphatic rings. The van der Waals surface area contributed by atoms with E-state index < -0.39 is 97.5 Å². The molecular weight excluding hydrogens is 1350 g/mol. The molecule has 5 atom stereocenters. The minimum atomic E-state index is -5.00. The maximum Gasteiger partial charge on any atom is 0.472 e. The third-order valence-electron chi connectivity index (χ3n) is 16.9. The zero-order valence-corrected chi connectivity index (χ0v) is 67.2. The van der Waals surface area contributed by atoms with Crippen LogP contribution >= 0.6 is 15.6 Å².